The van der Waals surface area contributed by atoms with Crippen LogP contribution in [0.2, 0.25) is 5.02 Å². The molecule has 104 valence electrons. The van der Waals surface area contributed by atoms with E-state index in [4.69, 9.17) is 11.6 Å². The maximum absolute atomic E-state index is 14.2. The quantitative estimate of drug-likeness (QED) is 0.775. The molecule has 0 heterocycles. The van der Waals surface area contributed by atoms with Crippen molar-refractivity contribution < 1.29 is 9.50 Å². The Morgan fingerprint density at radius 2 is 1.75 bits per heavy atom. The third-order valence-electron chi connectivity index (χ3n) is 3.91. The Kier molecular flexibility index (Phi) is 3.85. The molecule has 0 saturated heterocycles. The fourth-order valence-electron chi connectivity index (χ4n) is 2.84. The smallest absolute Gasteiger partial charge is 0.148 e. The van der Waals surface area contributed by atoms with Crippen LogP contribution in [0.25, 0.3) is 0 Å². The van der Waals surface area contributed by atoms with Crippen LogP contribution in [0.3, 0.4) is 0 Å². The zero-order valence-electron chi connectivity index (χ0n) is 10.6. The van der Waals surface area contributed by atoms with Gasteiger partial charge in [0.05, 0.1) is 11.1 Å². The number of benzene rings is 2. The van der Waals surface area contributed by atoms with Gasteiger partial charge < -0.3 is 5.11 Å². The molecule has 1 aliphatic rings. The second kappa shape index (κ2) is 5.47. The van der Waals surface area contributed by atoms with Crippen molar-refractivity contribution in [3.05, 3.63) is 68.4 Å². The van der Waals surface area contributed by atoms with Crippen LogP contribution in [0.1, 0.15) is 22.8 Å². The zero-order valence-corrected chi connectivity index (χ0v) is 13.0. The summed E-state index contributed by atoms with van der Waals surface area (Å²) < 4.78 is 14.7. The lowest BCUT2D eigenvalue weighted by Gasteiger charge is -2.19. The molecule has 2 aromatic carbocycles. The monoisotopic (exact) mass is 354 g/mol. The molecule has 0 amide bonds. The molecule has 4 heteroatoms. The molecule has 1 atom stereocenters. The van der Waals surface area contributed by atoms with E-state index in [1.54, 1.807) is 12.1 Å². The van der Waals surface area contributed by atoms with Gasteiger partial charge in [-0.15, -0.1) is 0 Å². The van der Waals surface area contributed by atoms with Gasteiger partial charge in [0.15, 0.2) is 0 Å². The highest BCUT2D eigenvalue weighted by Gasteiger charge is 2.30. The Morgan fingerprint density at radius 3 is 2.35 bits per heavy atom. The molecule has 3 rings (SSSR count). The Hall–Kier alpha value is -0.900. The minimum absolute atomic E-state index is 0.000794. The van der Waals surface area contributed by atoms with Crippen LogP contribution in [0.4, 0.5) is 4.39 Å². The van der Waals surface area contributed by atoms with Gasteiger partial charge in [0.1, 0.15) is 5.82 Å². The van der Waals surface area contributed by atoms with Crippen molar-refractivity contribution in [1.82, 2.24) is 0 Å². The number of aliphatic hydroxyl groups excluding tert-OH is 1. The molecule has 1 N–H and O–H groups in total. The van der Waals surface area contributed by atoms with Crippen LogP contribution < -0.4 is 0 Å². The summed E-state index contributed by atoms with van der Waals surface area (Å²) in [6.45, 7) is 0. The third-order valence-corrected chi connectivity index (χ3v) is 5.17. The van der Waals surface area contributed by atoms with Crippen molar-refractivity contribution in [2.24, 2.45) is 5.92 Å². The maximum atomic E-state index is 14.2. The van der Waals surface area contributed by atoms with Gasteiger partial charge in [-0.1, -0.05) is 41.9 Å². The SMILES string of the molecule is OC(c1ccc(Br)c(Cl)c1F)C1Cc2ccccc2C1. The van der Waals surface area contributed by atoms with Crippen LogP contribution >= 0.6 is 27.5 Å². The van der Waals surface area contributed by atoms with Gasteiger partial charge in [-0.05, 0) is 51.9 Å². The number of hydrogen-bond donors (Lipinski definition) is 1. The van der Waals surface area contributed by atoms with Crippen LogP contribution in [0.5, 0.6) is 0 Å². The van der Waals surface area contributed by atoms with Crippen molar-refractivity contribution in [3.8, 4) is 0 Å². The summed E-state index contributed by atoms with van der Waals surface area (Å²) >= 11 is 9.07. The average Bonchev–Trinajstić information content (AvgIpc) is 2.88. The molecule has 2 aromatic rings. The lowest BCUT2D eigenvalue weighted by molar-refractivity contribution is 0.109. The van der Waals surface area contributed by atoms with Crippen LogP contribution in [0, 0.1) is 11.7 Å². The van der Waals surface area contributed by atoms with Crippen molar-refractivity contribution in [3.63, 3.8) is 0 Å². The topological polar surface area (TPSA) is 20.2 Å². The first-order chi connectivity index (χ1) is 9.58. The van der Waals surface area contributed by atoms with Crippen LogP contribution in [-0.4, -0.2) is 5.11 Å². The van der Waals surface area contributed by atoms with Crippen molar-refractivity contribution in [1.29, 1.82) is 0 Å². The van der Waals surface area contributed by atoms with E-state index in [1.165, 1.54) is 11.1 Å². The van der Waals surface area contributed by atoms with E-state index < -0.39 is 11.9 Å². The predicted molar refractivity (Wildman–Crippen MR) is 81.4 cm³/mol. The van der Waals surface area contributed by atoms with E-state index in [1.807, 2.05) is 12.1 Å². The second-order valence-corrected chi connectivity index (χ2v) is 6.38. The molecular weight excluding hydrogens is 343 g/mol. The van der Waals surface area contributed by atoms with E-state index in [-0.39, 0.29) is 16.5 Å². The van der Waals surface area contributed by atoms with E-state index >= 15 is 0 Å². The zero-order chi connectivity index (χ0) is 14.3. The molecule has 1 nitrogen and oxygen atoms in total. The van der Waals surface area contributed by atoms with Crippen molar-refractivity contribution >= 4 is 27.5 Å². The van der Waals surface area contributed by atoms with Gasteiger partial charge in [-0.3, -0.25) is 0 Å². The third kappa shape index (κ3) is 2.39. The highest BCUT2D eigenvalue weighted by atomic mass is 79.9. The molecular formula is C16H13BrClFO. The normalized spacial score (nSPS) is 16.2. The molecule has 0 aliphatic heterocycles. The highest BCUT2D eigenvalue weighted by molar-refractivity contribution is 9.10. The molecule has 0 saturated carbocycles. The summed E-state index contributed by atoms with van der Waals surface area (Å²) in [6.07, 6.45) is 0.697. The summed E-state index contributed by atoms with van der Waals surface area (Å²) in [5.41, 5.74) is 2.75. The first-order valence-electron chi connectivity index (χ1n) is 6.46. The number of hydrogen-bond acceptors (Lipinski definition) is 1. The maximum Gasteiger partial charge on any atom is 0.148 e. The predicted octanol–water partition coefficient (Wildman–Crippen LogP) is 4.69. The van der Waals surface area contributed by atoms with E-state index in [0.29, 0.717) is 4.47 Å². The molecule has 0 fully saturated rings. The van der Waals surface area contributed by atoms with Crippen LogP contribution in [0.15, 0.2) is 40.9 Å². The Bertz CT molecular complexity index is 634. The summed E-state index contributed by atoms with van der Waals surface area (Å²) in [5.74, 6) is -0.538. The first kappa shape index (κ1) is 14.1. The van der Waals surface area contributed by atoms with E-state index in [0.717, 1.165) is 12.8 Å². The molecule has 0 bridgehead atoms. The Morgan fingerprint density at radius 1 is 1.15 bits per heavy atom. The molecule has 0 spiro atoms. The van der Waals surface area contributed by atoms with Gasteiger partial charge in [-0.25, -0.2) is 4.39 Å². The summed E-state index contributed by atoms with van der Waals surface area (Å²) in [4.78, 5) is 0. The summed E-state index contributed by atoms with van der Waals surface area (Å²) in [5, 5.41) is 10.5. The standard InChI is InChI=1S/C16H13BrClFO/c17-13-6-5-12(15(19)14(13)18)16(20)11-7-9-3-1-2-4-10(9)8-11/h1-6,11,16,20H,7-8H2. The Labute approximate surface area is 130 Å². The van der Waals surface area contributed by atoms with Gasteiger partial charge >= 0.3 is 0 Å². The fraction of sp³-hybridized carbons (Fsp3) is 0.250. The van der Waals surface area contributed by atoms with E-state index in [9.17, 15) is 9.50 Å². The van der Waals surface area contributed by atoms with Gasteiger partial charge in [0, 0.05) is 10.0 Å². The second-order valence-electron chi connectivity index (χ2n) is 5.15. The molecule has 20 heavy (non-hydrogen) atoms. The van der Waals surface area contributed by atoms with Crippen molar-refractivity contribution in [2.75, 3.05) is 0 Å². The highest BCUT2D eigenvalue weighted by Crippen LogP contribution is 2.38. The lowest BCUT2D eigenvalue weighted by Crippen LogP contribution is -2.14. The van der Waals surface area contributed by atoms with Gasteiger partial charge in [0.2, 0.25) is 0 Å². The number of halogens is 3. The number of aliphatic hydroxyl groups is 1. The molecule has 0 aromatic heterocycles. The lowest BCUT2D eigenvalue weighted by atomic mass is 9.93. The average molecular weight is 356 g/mol. The van der Waals surface area contributed by atoms with Gasteiger partial charge in [-0.2, -0.15) is 0 Å². The first-order valence-corrected chi connectivity index (χ1v) is 7.63. The van der Waals surface area contributed by atoms with Crippen LogP contribution in [-0.2, 0) is 12.8 Å². The number of fused-ring (bicyclic) bond motifs is 1. The molecule has 0 radical (unpaired) electrons. The number of rotatable bonds is 2. The van der Waals surface area contributed by atoms with E-state index in [2.05, 4.69) is 28.1 Å². The molecule has 1 unspecified atom stereocenters. The minimum Gasteiger partial charge on any atom is -0.388 e. The van der Waals surface area contributed by atoms with Gasteiger partial charge in [0.25, 0.3) is 0 Å². The van der Waals surface area contributed by atoms with Crippen molar-refractivity contribution in [2.45, 2.75) is 18.9 Å². The minimum atomic E-state index is -0.840. The Balaban J connectivity index is 1.88. The summed E-state index contributed by atoms with van der Waals surface area (Å²) in [7, 11) is 0. The molecule has 1 aliphatic carbocycles. The summed E-state index contributed by atoms with van der Waals surface area (Å²) in [6, 6.07) is 11.4. The fourth-order valence-corrected chi connectivity index (χ4v) is 3.32. The largest absolute Gasteiger partial charge is 0.388 e.